The molecular weight excluding hydrogens is 304 g/mol. The minimum atomic E-state index is -0.499. The molecule has 3 heterocycles. The highest BCUT2D eigenvalue weighted by atomic mass is 16.5. The summed E-state index contributed by atoms with van der Waals surface area (Å²) in [5.41, 5.74) is 2.71. The first-order valence-corrected chi connectivity index (χ1v) is 8.33. The predicted molar refractivity (Wildman–Crippen MR) is 91.4 cm³/mol. The molecular formula is C19H18N2O3. The third-order valence-corrected chi connectivity index (χ3v) is 5.32. The SMILES string of the molecule is Oc1cc2c(cc1O)C1(CO2)C2=NCCCCN2c2ccccc21. The van der Waals surface area contributed by atoms with E-state index < -0.39 is 5.41 Å². The van der Waals surface area contributed by atoms with Crippen molar-refractivity contribution in [3.8, 4) is 17.2 Å². The number of hydrogen-bond acceptors (Lipinski definition) is 5. The van der Waals surface area contributed by atoms with Crippen LogP contribution >= 0.6 is 0 Å². The molecule has 0 aromatic heterocycles. The van der Waals surface area contributed by atoms with E-state index in [9.17, 15) is 10.2 Å². The highest BCUT2D eigenvalue weighted by Gasteiger charge is 2.55. The van der Waals surface area contributed by atoms with Gasteiger partial charge in [-0.25, -0.2) is 0 Å². The maximum Gasteiger partial charge on any atom is 0.161 e. The molecule has 0 aliphatic carbocycles. The molecule has 0 saturated carbocycles. The first kappa shape index (κ1) is 13.7. The first-order valence-electron chi connectivity index (χ1n) is 8.33. The molecule has 0 saturated heterocycles. The van der Waals surface area contributed by atoms with Gasteiger partial charge in [-0.15, -0.1) is 0 Å². The summed E-state index contributed by atoms with van der Waals surface area (Å²) >= 11 is 0. The van der Waals surface area contributed by atoms with Gasteiger partial charge in [0.2, 0.25) is 0 Å². The van der Waals surface area contributed by atoms with Gasteiger partial charge >= 0.3 is 0 Å². The number of nitrogens with zero attached hydrogens (tertiary/aromatic N) is 2. The molecule has 0 radical (unpaired) electrons. The molecule has 24 heavy (non-hydrogen) atoms. The molecule has 5 heteroatoms. The first-order chi connectivity index (χ1) is 11.7. The Bertz CT molecular complexity index is 877. The largest absolute Gasteiger partial charge is 0.504 e. The van der Waals surface area contributed by atoms with Crippen LogP contribution in [-0.4, -0.2) is 35.7 Å². The van der Waals surface area contributed by atoms with Crippen molar-refractivity contribution in [1.82, 2.24) is 0 Å². The van der Waals surface area contributed by atoms with Gasteiger partial charge in [-0.2, -0.15) is 0 Å². The monoisotopic (exact) mass is 322 g/mol. The van der Waals surface area contributed by atoms with Crippen molar-refractivity contribution < 1.29 is 14.9 Å². The molecule has 1 atom stereocenters. The molecule has 3 aliphatic rings. The average molecular weight is 322 g/mol. The number of anilines is 1. The molecule has 2 N–H and O–H groups in total. The third-order valence-electron chi connectivity index (χ3n) is 5.32. The predicted octanol–water partition coefficient (Wildman–Crippen LogP) is 2.79. The van der Waals surface area contributed by atoms with Crippen LogP contribution in [0, 0.1) is 0 Å². The number of aliphatic imine (C=N–C) groups is 1. The van der Waals surface area contributed by atoms with E-state index in [1.807, 2.05) is 12.1 Å². The highest BCUT2D eigenvalue weighted by Crippen LogP contribution is 2.54. The summed E-state index contributed by atoms with van der Waals surface area (Å²) < 4.78 is 5.94. The van der Waals surface area contributed by atoms with Crippen molar-refractivity contribution in [1.29, 1.82) is 0 Å². The minimum Gasteiger partial charge on any atom is -0.504 e. The van der Waals surface area contributed by atoms with Crippen molar-refractivity contribution in [2.45, 2.75) is 18.3 Å². The number of ether oxygens (including phenoxy) is 1. The molecule has 3 aliphatic heterocycles. The number of aromatic hydroxyl groups is 2. The van der Waals surface area contributed by atoms with Gasteiger partial charge in [-0.3, -0.25) is 4.99 Å². The van der Waals surface area contributed by atoms with Crippen LogP contribution in [0.15, 0.2) is 41.4 Å². The Morgan fingerprint density at radius 2 is 1.88 bits per heavy atom. The minimum absolute atomic E-state index is 0.122. The number of phenols is 2. The zero-order chi connectivity index (χ0) is 16.3. The molecule has 2 aromatic rings. The second-order valence-electron chi connectivity index (χ2n) is 6.61. The van der Waals surface area contributed by atoms with E-state index in [2.05, 4.69) is 17.0 Å². The van der Waals surface area contributed by atoms with Crippen LogP contribution in [-0.2, 0) is 5.41 Å². The second-order valence-corrected chi connectivity index (χ2v) is 6.61. The Labute approximate surface area is 139 Å². The number of rotatable bonds is 0. The Balaban J connectivity index is 1.82. The highest BCUT2D eigenvalue weighted by molar-refractivity contribution is 6.14. The van der Waals surface area contributed by atoms with E-state index in [4.69, 9.17) is 9.73 Å². The van der Waals surface area contributed by atoms with E-state index >= 15 is 0 Å². The summed E-state index contributed by atoms with van der Waals surface area (Å²) in [6, 6.07) is 11.5. The quantitative estimate of drug-likeness (QED) is 0.732. The van der Waals surface area contributed by atoms with Crippen molar-refractivity contribution in [2.24, 2.45) is 4.99 Å². The van der Waals surface area contributed by atoms with Crippen LogP contribution in [0.25, 0.3) is 0 Å². The molecule has 0 bridgehead atoms. The summed E-state index contributed by atoms with van der Waals surface area (Å²) in [5.74, 6) is 1.35. The van der Waals surface area contributed by atoms with Gasteiger partial charge in [-0.05, 0) is 30.5 Å². The van der Waals surface area contributed by atoms with E-state index in [1.165, 1.54) is 11.8 Å². The lowest BCUT2D eigenvalue weighted by atomic mass is 9.76. The maximum atomic E-state index is 10.1. The Hall–Kier alpha value is -2.69. The molecule has 122 valence electrons. The van der Waals surface area contributed by atoms with Gasteiger partial charge in [0.05, 0.1) is 0 Å². The summed E-state index contributed by atoms with van der Waals surface area (Å²) in [4.78, 5) is 7.20. The molecule has 1 spiro atoms. The van der Waals surface area contributed by atoms with Crippen LogP contribution in [0.3, 0.4) is 0 Å². The van der Waals surface area contributed by atoms with Crippen LogP contribution in [0.5, 0.6) is 17.2 Å². The zero-order valence-corrected chi connectivity index (χ0v) is 13.2. The van der Waals surface area contributed by atoms with Gasteiger partial charge in [-0.1, -0.05) is 18.2 Å². The summed E-state index contributed by atoms with van der Waals surface area (Å²) in [6.07, 6.45) is 2.18. The Kier molecular flexibility index (Phi) is 2.66. The lowest BCUT2D eigenvalue weighted by molar-refractivity contribution is 0.324. The van der Waals surface area contributed by atoms with E-state index in [0.29, 0.717) is 12.4 Å². The van der Waals surface area contributed by atoms with E-state index in [0.717, 1.165) is 42.9 Å². The van der Waals surface area contributed by atoms with Crippen molar-refractivity contribution in [3.63, 3.8) is 0 Å². The number of hydrogen-bond donors (Lipinski definition) is 2. The number of para-hydroxylation sites is 1. The van der Waals surface area contributed by atoms with Gasteiger partial charge in [0.1, 0.15) is 23.6 Å². The molecule has 5 rings (SSSR count). The number of amidine groups is 1. The fraction of sp³-hybridized carbons (Fsp3) is 0.316. The van der Waals surface area contributed by atoms with E-state index in [1.54, 1.807) is 6.07 Å². The number of fused-ring (bicyclic) bond motifs is 7. The maximum absolute atomic E-state index is 10.1. The molecule has 5 nitrogen and oxygen atoms in total. The normalized spacial score (nSPS) is 24.0. The van der Waals surface area contributed by atoms with E-state index in [-0.39, 0.29) is 11.5 Å². The molecule has 1 unspecified atom stereocenters. The van der Waals surface area contributed by atoms with Gasteiger partial charge < -0.3 is 19.8 Å². The Morgan fingerprint density at radius 1 is 1.04 bits per heavy atom. The van der Waals surface area contributed by atoms with Gasteiger partial charge in [0, 0.05) is 30.4 Å². The summed E-state index contributed by atoms with van der Waals surface area (Å²) in [7, 11) is 0. The summed E-state index contributed by atoms with van der Waals surface area (Å²) in [6.45, 7) is 2.19. The van der Waals surface area contributed by atoms with Crippen LogP contribution in [0.4, 0.5) is 5.69 Å². The fourth-order valence-corrected chi connectivity index (χ4v) is 4.23. The molecule has 0 fully saturated rings. The average Bonchev–Trinajstić information content (AvgIpc) is 2.94. The van der Waals surface area contributed by atoms with Gasteiger partial charge in [0.25, 0.3) is 0 Å². The number of phenolic OH excluding ortho intramolecular Hbond substituents is 2. The summed E-state index contributed by atoms with van der Waals surface area (Å²) in [5, 5.41) is 19.9. The van der Waals surface area contributed by atoms with Crippen molar-refractivity contribution in [2.75, 3.05) is 24.6 Å². The number of benzene rings is 2. The fourth-order valence-electron chi connectivity index (χ4n) is 4.23. The van der Waals surface area contributed by atoms with Crippen molar-refractivity contribution >= 4 is 11.5 Å². The van der Waals surface area contributed by atoms with Crippen LogP contribution in [0.2, 0.25) is 0 Å². The smallest absolute Gasteiger partial charge is 0.161 e. The molecule has 2 aromatic carbocycles. The second kappa shape index (κ2) is 4.66. The van der Waals surface area contributed by atoms with Gasteiger partial charge in [0.15, 0.2) is 11.5 Å². The molecule has 0 amide bonds. The Morgan fingerprint density at radius 3 is 2.79 bits per heavy atom. The topological polar surface area (TPSA) is 65.3 Å². The lowest BCUT2D eigenvalue weighted by Gasteiger charge is -2.26. The lowest BCUT2D eigenvalue weighted by Crippen LogP contribution is -2.42. The van der Waals surface area contributed by atoms with Crippen LogP contribution in [0.1, 0.15) is 24.0 Å². The standard InChI is InChI=1S/C19H18N2O3/c22-15-9-13-17(10-16(15)23)24-11-19(13)12-5-1-2-6-14(12)21-8-4-3-7-20-18(19)21/h1-2,5-6,9-10,22-23H,3-4,7-8,11H2. The van der Waals surface area contributed by atoms with Crippen molar-refractivity contribution in [3.05, 3.63) is 47.5 Å². The third kappa shape index (κ3) is 1.57. The zero-order valence-electron chi connectivity index (χ0n) is 13.2. The van der Waals surface area contributed by atoms with Crippen LogP contribution < -0.4 is 9.64 Å².